The molecule has 2 heterocycles. The lowest BCUT2D eigenvalue weighted by Crippen LogP contribution is -2.34. The van der Waals surface area contributed by atoms with Crippen LogP contribution in [0.25, 0.3) is 0 Å². The van der Waals surface area contributed by atoms with Crippen molar-refractivity contribution in [3.8, 4) is 0 Å². The monoisotopic (exact) mass is 174 g/mol. The molecule has 2 rings (SSSR count). The molecule has 0 unspecified atom stereocenters. The Balaban J connectivity index is 2.30. The van der Waals surface area contributed by atoms with Gasteiger partial charge in [-0.05, 0) is 10.8 Å². The third-order valence-electron chi connectivity index (χ3n) is 3.14. The highest BCUT2D eigenvalue weighted by Gasteiger charge is 2.52. The molecule has 2 aliphatic rings. The Morgan fingerprint density at radius 1 is 0.800 bits per heavy atom. The molecule has 0 amide bonds. The summed E-state index contributed by atoms with van der Waals surface area (Å²) in [7, 11) is 0. The van der Waals surface area contributed by atoms with Crippen molar-refractivity contribution >= 4 is 23.5 Å². The molecular weight excluding hydrogens is 160 g/mol. The van der Waals surface area contributed by atoms with Gasteiger partial charge in [0.2, 0.25) is 0 Å². The molecule has 0 nitrogen and oxygen atoms in total. The van der Waals surface area contributed by atoms with Gasteiger partial charge in [-0.1, -0.05) is 13.8 Å². The van der Waals surface area contributed by atoms with Crippen molar-refractivity contribution in [2.75, 3.05) is 23.0 Å². The molecule has 0 aromatic heterocycles. The molecule has 0 aromatic carbocycles. The van der Waals surface area contributed by atoms with E-state index in [0.717, 1.165) is 0 Å². The van der Waals surface area contributed by atoms with Crippen molar-refractivity contribution in [2.24, 2.45) is 10.8 Å². The average molecular weight is 174 g/mol. The van der Waals surface area contributed by atoms with Gasteiger partial charge in [0.15, 0.2) is 0 Å². The lowest BCUT2D eigenvalue weighted by molar-refractivity contribution is 0.212. The molecular formula is C8H14S2. The minimum Gasteiger partial charge on any atom is -0.161 e. The number of thioether (sulfide) groups is 2. The van der Waals surface area contributed by atoms with E-state index in [4.69, 9.17) is 0 Å². The zero-order chi connectivity index (χ0) is 7.24. The number of hydrogen-bond donors (Lipinski definition) is 0. The van der Waals surface area contributed by atoms with Crippen LogP contribution in [0.1, 0.15) is 13.8 Å². The molecule has 2 aliphatic heterocycles. The first-order chi connectivity index (χ1) is 4.66. The fourth-order valence-electron chi connectivity index (χ4n) is 1.78. The Morgan fingerprint density at radius 3 is 1.40 bits per heavy atom. The second kappa shape index (κ2) is 2.10. The van der Waals surface area contributed by atoms with Gasteiger partial charge in [-0.3, -0.25) is 0 Å². The van der Waals surface area contributed by atoms with E-state index in [1.54, 1.807) is 0 Å². The molecule has 0 aliphatic carbocycles. The van der Waals surface area contributed by atoms with E-state index in [-0.39, 0.29) is 0 Å². The summed E-state index contributed by atoms with van der Waals surface area (Å²) in [6, 6.07) is 0. The highest BCUT2D eigenvalue weighted by molar-refractivity contribution is 8.01. The Kier molecular flexibility index (Phi) is 1.54. The van der Waals surface area contributed by atoms with Gasteiger partial charge in [0.05, 0.1) is 0 Å². The fraction of sp³-hybridized carbons (Fsp3) is 1.00. The van der Waals surface area contributed by atoms with Crippen LogP contribution in [0.2, 0.25) is 0 Å². The van der Waals surface area contributed by atoms with Crippen molar-refractivity contribution in [1.82, 2.24) is 0 Å². The number of hydrogen-bond acceptors (Lipinski definition) is 2. The van der Waals surface area contributed by atoms with Gasteiger partial charge in [0, 0.05) is 23.0 Å². The van der Waals surface area contributed by atoms with E-state index in [1.165, 1.54) is 23.0 Å². The summed E-state index contributed by atoms with van der Waals surface area (Å²) in [4.78, 5) is 0. The minimum atomic E-state index is 0.669. The number of rotatable bonds is 0. The SMILES string of the molecule is CC12CSCC1(C)CSC2. The third-order valence-corrected chi connectivity index (χ3v) is 6.50. The van der Waals surface area contributed by atoms with Gasteiger partial charge >= 0.3 is 0 Å². The smallest absolute Gasteiger partial charge is 0.0000488 e. The predicted molar refractivity (Wildman–Crippen MR) is 50.9 cm³/mol. The average Bonchev–Trinajstić information content (AvgIpc) is 2.20. The first kappa shape index (κ1) is 7.35. The zero-order valence-corrected chi connectivity index (χ0v) is 8.28. The van der Waals surface area contributed by atoms with Gasteiger partial charge in [0.1, 0.15) is 0 Å². The van der Waals surface area contributed by atoms with Crippen molar-refractivity contribution in [3.05, 3.63) is 0 Å². The summed E-state index contributed by atoms with van der Waals surface area (Å²) < 4.78 is 0. The predicted octanol–water partition coefficient (Wildman–Crippen LogP) is 2.49. The van der Waals surface area contributed by atoms with E-state index in [0.29, 0.717) is 10.8 Å². The largest absolute Gasteiger partial charge is 0.161 e. The second-order valence-corrected chi connectivity index (χ2v) is 6.08. The van der Waals surface area contributed by atoms with Gasteiger partial charge < -0.3 is 0 Å². The molecule has 0 aromatic rings. The quantitative estimate of drug-likeness (QED) is 0.553. The summed E-state index contributed by atoms with van der Waals surface area (Å²) >= 11 is 4.30. The van der Waals surface area contributed by atoms with Crippen molar-refractivity contribution < 1.29 is 0 Å². The fourth-order valence-corrected chi connectivity index (χ4v) is 5.85. The maximum atomic E-state index is 2.47. The topological polar surface area (TPSA) is 0 Å². The van der Waals surface area contributed by atoms with Crippen LogP contribution in [-0.2, 0) is 0 Å². The zero-order valence-electron chi connectivity index (χ0n) is 6.64. The normalized spacial score (nSPS) is 53.4. The van der Waals surface area contributed by atoms with Gasteiger partial charge in [0.25, 0.3) is 0 Å². The van der Waals surface area contributed by atoms with Crippen LogP contribution in [0.15, 0.2) is 0 Å². The second-order valence-electron chi connectivity index (χ2n) is 4.11. The highest BCUT2D eigenvalue weighted by Crippen LogP contribution is 2.57. The summed E-state index contributed by atoms with van der Waals surface area (Å²) in [5.41, 5.74) is 1.34. The Hall–Kier alpha value is 0.700. The van der Waals surface area contributed by atoms with Gasteiger partial charge in [-0.2, -0.15) is 23.5 Å². The molecule has 2 saturated heterocycles. The van der Waals surface area contributed by atoms with E-state index < -0.39 is 0 Å². The molecule has 0 bridgehead atoms. The lowest BCUT2D eigenvalue weighted by atomic mass is 9.71. The molecule has 0 atom stereocenters. The molecule has 2 heteroatoms. The minimum absolute atomic E-state index is 0.669. The maximum absolute atomic E-state index is 2.47. The van der Waals surface area contributed by atoms with Crippen LogP contribution in [0, 0.1) is 10.8 Å². The van der Waals surface area contributed by atoms with Crippen molar-refractivity contribution in [2.45, 2.75) is 13.8 Å². The lowest BCUT2D eigenvalue weighted by Gasteiger charge is -2.31. The highest BCUT2D eigenvalue weighted by atomic mass is 32.2. The first-order valence-corrected chi connectivity index (χ1v) is 6.13. The van der Waals surface area contributed by atoms with Gasteiger partial charge in [-0.15, -0.1) is 0 Å². The van der Waals surface area contributed by atoms with E-state index in [9.17, 15) is 0 Å². The molecule has 2 fully saturated rings. The van der Waals surface area contributed by atoms with Crippen LogP contribution < -0.4 is 0 Å². The van der Waals surface area contributed by atoms with Crippen LogP contribution in [0.5, 0.6) is 0 Å². The standard InChI is InChI=1S/C8H14S2/c1-7-3-9-5-8(7,2)6-10-4-7/h3-6H2,1-2H3. The molecule has 0 saturated carbocycles. The summed E-state index contributed by atoms with van der Waals surface area (Å²) in [6.45, 7) is 4.93. The van der Waals surface area contributed by atoms with Crippen molar-refractivity contribution in [1.29, 1.82) is 0 Å². The number of fused-ring (bicyclic) bond motifs is 1. The summed E-state index contributed by atoms with van der Waals surface area (Å²) in [5, 5.41) is 0. The van der Waals surface area contributed by atoms with Crippen LogP contribution in [0.4, 0.5) is 0 Å². The van der Waals surface area contributed by atoms with E-state index in [2.05, 4.69) is 37.4 Å². The maximum Gasteiger partial charge on any atom is 0.0000488 e. The van der Waals surface area contributed by atoms with Gasteiger partial charge in [-0.25, -0.2) is 0 Å². The first-order valence-electron chi connectivity index (χ1n) is 3.82. The summed E-state index contributed by atoms with van der Waals surface area (Å²) in [5.74, 6) is 5.60. The van der Waals surface area contributed by atoms with Crippen LogP contribution in [0.3, 0.4) is 0 Å². The van der Waals surface area contributed by atoms with Crippen molar-refractivity contribution in [3.63, 3.8) is 0 Å². The molecule has 0 radical (unpaired) electrons. The Morgan fingerprint density at radius 2 is 1.10 bits per heavy atom. The molecule has 10 heavy (non-hydrogen) atoms. The third kappa shape index (κ3) is 0.781. The molecule has 58 valence electrons. The Labute approximate surface area is 71.5 Å². The molecule has 0 N–H and O–H groups in total. The van der Waals surface area contributed by atoms with Crippen LogP contribution >= 0.6 is 23.5 Å². The van der Waals surface area contributed by atoms with E-state index in [1.807, 2.05) is 0 Å². The molecule has 0 spiro atoms. The summed E-state index contributed by atoms with van der Waals surface area (Å²) in [6.07, 6.45) is 0. The van der Waals surface area contributed by atoms with Crippen LogP contribution in [-0.4, -0.2) is 23.0 Å². The Bertz CT molecular complexity index is 127. The van der Waals surface area contributed by atoms with E-state index >= 15 is 0 Å².